The summed E-state index contributed by atoms with van der Waals surface area (Å²) in [6.07, 6.45) is 4.12. The molecule has 5 nitrogen and oxygen atoms in total. The zero-order chi connectivity index (χ0) is 11.4. The first-order chi connectivity index (χ1) is 7.74. The Morgan fingerprint density at radius 1 is 1.38 bits per heavy atom. The minimum Gasteiger partial charge on any atom is -0.472 e. The summed E-state index contributed by atoms with van der Waals surface area (Å²) in [5.74, 6) is 1.19. The van der Waals surface area contributed by atoms with Gasteiger partial charge in [0.25, 0.3) is 0 Å². The van der Waals surface area contributed by atoms with Gasteiger partial charge in [-0.15, -0.1) is 5.10 Å². The lowest BCUT2D eigenvalue weighted by Gasteiger charge is -1.98. The second kappa shape index (κ2) is 4.83. The van der Waals surface area contributed by atoms with Gasteiger partial charge in [-0.3, -0.25) is 0 Å². The third kappa shape index (κ3) is 2.85. The quantitative estimate of drug-likeness (QED) is 0.840. The van der Waals surface area contributed by atoms with E-state index < -0.39 is 0 Å². The van der Waals surface area contributed by atoms with Crippen LogP contribution in [0.15, 0.2) is 27.4 Å². The normalized spacial score (nSPS) is 10.9. The Labute approximate surface area is 93.9 Å². The van der Waals surface area contributed by atoms with Gasteiger partial charge in [0.15, 0.2) is 0 Å². The summed E-state index contributed by atoms with van der Waals surface area (Å²) in [6.45, 7) is 4.85. The topological polar surface area (TPSA) is 64.1 Å². The maximum Gasteiger partial charge on any atom is 0.315 e. The monoisotopic (exact) mass is 221 g/mol. The molecule has 0 saturated heterocycles. The molecule has 1 N–H and O–H groups in total. The molecule has 5 heteroatoms. The highest BCUT2D eigenvalue weighted by Crippen LogP contribution is 2.11. The fraction of sp³-hybridized carbons (Fsp3) is 0.455. The summed E-state index contributed by atoms with van der Waals surface area (Å²) in [5, 5.41) is 10.9. The van der Waals surface area contributed by atoms with Crippen LogP contribution in [0.5, 0.6) is 0 Å². The van der Waals surface area contributed by atoms with Gasteiger partial charge in [0.05, 0.1) is 12.5 Å². The highest BCUT2D eigenvalue weighted by atomic mass is 16.4. The Morgan fingerprint density at radius 3 is 2.94 bits per heavy atom. The average Bonchev–Trinajstić information content (AvgIpc) is 2.84. The molecule has 0 aromatic carbocycles. The van der Waals surface area contributed by atoms with Crippen LogP contribution in [-0.4, -0.2) is 10.2 Å². The molecule has 0 spiro atoms. The molecular formula is C11H15N3O2. The van der Waals surface area contributed by atoms with E-state index in [1.807, 2.05) is 6.07 Å². The van der Waals surface area contributed by atoms with E-state index in [4.69, 9.17) is 8.83 Å². The molecule has 0 radical (unpaired) electrons. The van der Waals surface area contributed by atoms with Crippen molar-refractivity contribution in [3.63, 3.8) is 0 Å². The molecule has 2 aromatic heterocycles. The molecular weight excluding hydrogens is 206 g/mol. The molecule has 0 bridgehead atoms. The number of aromatic nitrogens is 2. The fourth-order valence-electron chi connectivity index (χ4n) is 1.33. The second-order valence-corrected chi connectivity index (χ2v) is 4.08. The van der Waals surface area contributed by atoms with Crippen LogP contribution in [0.2, 0.25) is 0 Å². The van der Waals surface area contributed by atoms with Gasteiger partial charge in [-0.1, -0.05) is 18.9 Å². The van der Waals surface area contributed by atoms with Crippen molar-refractivity contribution in [3.05, 3.63) is 30.0 Å². The largest absolute Gasteiger partial charge is 0.472 e. The maximum absolute atomic E-state index is 5.43. The van der Waals surface area contributed by atoms with Crippen LogP contribution >= 0.6 is 0 Å². The van der Waals surface area contributed by atoms with E-state index in [2.05, 4.69) is 29.4 Å². The van der Waals surface area contributed by atoms with E-state index in [9.17, 15) is 0 Å². The molecule has 0 amide bonds. The van der Waals surface area contributed by atoms with Crippen molar-refractivity contribution < 1.29 is 8.83 Å². The van der Waals surface area contributed by atoms with Gasteiger partial charge in [0.1, 0.15) is 0 Å². The van der Waals surface area contributed by atoms with Crippen LogP contribution in [0.25, 0.3) is 0 Å². The Kier molecular flexibility index (Phi) is 3.24. The van der Waals surface area contributed by atoms with E-state index in [0.717, 1.165) is 12.0 Å². The Balaban J connectivity index is 1.88. The summed E-state index contributed by atoms with van der Waals surface area (Å²) in [7, 11) is 0. The molecule has 16 heavy (non-hydrogen) atoms. The van der Waals surface area contributed by atoms with Gasteiger partial charge >= 0.3 is 6.01 Å². The zero-order valence-electron chi connectivity index (χ0n) is 9.43. The number of rotatable bonds is 5. The molecule has 0 fully saturated rings. The summed E-state index contributed by atoms with van der Waals surface area (Å²) in [5.41, 5.74) is 1.05. The van der Waals surface area contributed by atoms with Gasteiger partial charge < -0.3 is 14.2 Å². The van der Waals surface area contributed by atoms with Crippen molar-refractivity contribution in [2.24, 2.45) is 5.92 Å². The van der Waals surface area contributed by atoms with Crippen molar-refractivity contribution in [1.29, 1.82) is 0 Å². The molecule has 2 heterocycles. The Bertz CT molecular complexity index is 420. The van der Waals surface area contributed by atoms with Gasteiger partial charge in [-0.25, -0.2) is 0 Å². The third-order valence-electron chi connectivity index (χ3n) is 2.07. The van der Waals surface area contributed by atoms with Gasteiger partial charge in [-0.05, 0) is 12.0 Å². The number of nitrogens with one attached hydrogen (secondary N) is 1. The SMILES string of the molecule is CC(C)Cc1nnc(NCc2ccoc2)o1. The van der Waals surface area contributed by atoms with Crippen LogP contribution in [0.4, 0.5) is 6.01 Å². The van der Waals surface area contributed by atoms with Gasteiger partial charge in [0.2, 0.25) is 5.89 Å². The van der Waals surface area contributed by atoms with Gasteiger partial charge in [-0.2, -0.15) is 0 Å². The van der Waals surface area contributed by atoms with Crippen LogP contribution in [-0.2, 0) is 13.0 Å². The number of furan rings is 1. The molecule has 2 aromatic rings. The van der Waals surface area contributed by atoms with Crippen LogP contribution in [0, 0.1) is 5.92 Å². The lowest BCUT2D eigenvalue weighted by Crippen LogP contribution is -1.97. The number of hydrogen-bond acceptors (Lipinski definition) is 5. The molecule has 0 unspecified atom stereocenters. The van der Waals surface area contributed by atoms with Crippen molar-refractivity contribution in [3.8, 4) is 0 Å². The third-order valence-corrected chi connectivity index (χ3v) is 2.07. The molecule has 0 aliphatic rings. The predicted octanol–water partition coefficient (Wildman–Crippen LogP) is 2.47. The van der Waals surface area contributed by atoms with Crippen LogP contribution in [0.1, 0.15) is 25.3 Å². The average molecular weight is 221 g/mol. The van der Waals surface area contributed by atoms with Crippen molar-refractivity contribution in [2.75, 3.05) is 5.32 Å². The first kappa shape index (κ1) is 10.7. The minimum atomic E-state index is 0.455. The first-order valence-corrected chi connectivity index (χ1v) is 5.31. The lowest BCUT2D eigenvalue weighted by molar-refractivity contribution is 0.465. The predicted molar refractivity (Wildman–Crippen MR) is 58.9 cm³/mol. The van der Waals surface area contributed by atoms with E-state index >= 15 is 0 Å². The second-order valence-electron chi connectivity index (χ2n) is 4.08. The smallest absolute Gasteiger partial charge is 0.315 e. The summed E-state index contributed by atoms with van der Waals surface area (Å²) >= 11 is 0. The maximum atomic E-state index is 5.43. The van der Waals surface area contributed by atoms with Crippen molar-refractivity contribution >= 4 is 6.01 Å². The molecule has 0 aliphatic carbocycles. The first-order valence-electron chi connectivity index (χ1n) is 5.31. The number of hydrogen-bond donors (Lipinski definition) is 1. The van der Waals surface area contributed by atoms with Crippen molar-refractivity contribution in [2.45, 2.75) is 26.8 Å². The molecule has 0 atom stereocenters. The Morgan fingerprint density at radius 2 is 2.25 bits per heavy atom. The zero-order valence-corrected chi connectivity index (χ0v) is 9.43. The van der Waals surface area contributed by atoms with E-state index in [0.29, 0.717) is 24.4 Å². The standard InChI is InChI=1S/C11H15N3O2/c1-8(2)5-10-13-14-11(16-10)12-6-9-3-4-15-7-9/h3-4,7-8H,5-6H2,1-2H3,(H,12,14). The summed E-state index contributed by atoms with van der Waals surface area (Å²) < 4.78 is 10.4. The summed E-state index contributed by atoms with van der Waals surface area (Å²) in [6, 6.07) is 2.34. The fourth-order valence-corrected chi connectivity index (χ4v) is 1.33. The van der Waals surface area contributed by atoms with E-state index in [1.165, 1.54) is 0 Å². The van der Waals surface area contributed by atoms with E-state index in [1.54, 1.807) is 12.5 Å². The lowest BCUT2D eigenvalue weighted by atomic mass is 10.1. The molecule has 0 aliphatic heterocycles. The minimum absolute atomic E-state index is 0.455. The Hall–Kier alpha value is -1.78. The van der Waals surface area contributed by atoms with Crippen LogP contribution < -0.4 is 5.32 Å². The highest BCUT2D eigenvalue weighted by molar-refractivity contribution is 5.20. The van der Waals surface area contributed by atoms with Crippen molar-refractivity contribution in [1.82, 2.24) is 10.2 Å². The highest BCUT2D eigenvalue weighted by Gasteiger charge is 2.07. The van der Waals surface area contributed by atoms with Crippen LogP contribution in [0.3, 0.4) is 0 Å². The van der Waals surface area contributed by atoms with E-state index in [-0.39, 0.29) is 0 Å². The molecule has 0 saturated carbocycles. The number of nitrogens with zero attached hydrogens (tertiary/aromatic N) is 2. The summed E-state index contributed by atoms with van der Waals surface area (Å²) in [4.78, 5) is 0. The number of anilines is 1. The van der Waals surface area contributed by atoms with Gasteiger partial charge in [0, 0.05) is 18.5 Å². The molecule has 86 valence electrons. The molecule has 2 rings (SSSR count).